The van der Waals surface area contributed by atoms with Crippen LogP contribution in [-0.2, 0) is 6.54 Å². The van der Waals surface area contributed by atoms with Crippen molar-refractivity contribution in [1.29, 1.82) is 0 Å². The Labute approximate surface area is 147 Å². The molecule has 2 aromatic heterocycles. The molecule has 8 nitrogen and oxygen atoms in total. The van der Waals surface area contributed by atoms with Crippen molar-refractivity contribution >= 4 is 17.2 Å². The molecule has 4 rings (SSSR count). The fourth-order valence-corrected chi connectivity index (χ4v) is 3.39. The van der Waals surface area contributed by atoms with E-state index < -0.39 is 0 Å². The number of aromatic nitrogens is 5. The number of nitrogens with zero attached hydrogens (tertiary/aromatic N) is 5. The van der Waals surface area contributed by atoms with Gasteiger partial charge >= 0.3 is 0 Å². The van der Waals surface area contributed by atoms with Crippen LogP contribution in [0, 0.1) is 0 Å². The van der Waals surface area contributed by atoms with Crippen molar-refractivity contribution in [3.05, 3.63) is 47.2 Å². The molecule has 0 radical (unpaired) electrons. The summed E-state index contributed by atoms with van der Waals surface area (Å²) in [6, 6.07) is 9.91. The summed E-state index contributed by atoms with van der Waals surface area (Å²) in [5.41, 5.74) is 1.26. The normalized spacial score (nSPS) is 19.4. The van der Waals surface area contributed by atoms with Gasteiger partial charge in [-0.15, -0.1) is 15.3 Å². The van der Waals surface area contributed by atoms with E-state index in [1.54, 1.807) is 10.9 Å². The first-order valence-corrected chi connectivity index (χ1v) is 8.76. The maximum absolute atomic E-state index is 12.2. The maximum Gasteiger partial charge on any atom is 0.273 e. The minimum atomic E-state index is -0.303. The van der Waals surface area contributed by atoms with Crippen LogP contribution in [0.1, 0.15) is 34.4 Å². The van der Waals surface area contributed by atoms with E-state index in [1.165, 1.54) is 11.3 Å². The Morgan fingerprint density at radius 3 is 2.80 bits per heavy atom. The van der Waals surface area contributed by atoms with Gasteiger partial charge in [0.15, 0.2) is 5.69 Å². The van der Waals surface area contributed by atoms with Gasteiger partial charge in [-0.2, -0.15) is 0 Å². The average Bonchev–Trinajstić information content (AvgIpc) is 3.27. The number of benzene rings is 1. The van der Waals surface area contributed by atoms with Gasteiger partial charge in [-0.3, -0.25) is 4.79 Å². The number of aliphatic hydroxyl groups is 1. The van der Waals surface area contributed by atoms with Crippen molar-refractivity contribution < 1.29 is 9.90 Å². The van der Waals surface area contributed by atoms with E-state index in [0.717, 1.165) is 15.6 Å². The molecule has 0 aliphatic heterocycles. The molecule has 1 fully saturated rings. The summed E-state index contributed by atoms with van der Waals surface area (Å²) in [7, 11) is 0. The van der Waals surface area contributed by atoms with E-state index in [-0.39, 0.29) is 23.7 Å². The first-order chi connectivity index (χ1) is 12.2. The first-order valence-electron chi connectivity index (χ1n) is 7.95. The molecule has 1 amide bonds. The fourth-order valence-electron chi connectivity index (χ4n) is 2.60. The molecule has 1 aliphatic carbocycles. The number of amides is 1. The van der Waals surface area contributed by atoms with Crippen LogP contribution in [0.25, 0.3) is 10.6 Å². The van der Waals surface area contributed by atoms with Gasteiger partial charge in [0.2, 0.25) is 0 Å². The number of hydrogen-bond acceptors (Lipinski definition) is 7. The average molecular weight is 356 g/mol. The Hall–Kier alpha value is -2.65. The molecule has 0 spiro atoms. The van der Waals surface area contributed by atoms with Gasteiger partial charge < -0.3 is 10.4 Å². The molecular formula is C16H16N6O2S. The zero-order valence-electron chi connectivity index (χ0n) is 13.2. The Morgan fingerprint density at radius 2 is 2.04 bits per heavy atom. The Balaban J connectivity index is 1.35. The van der Waals surface area contributed by atoms with Crippen molar-refractivity contribution in [3.8, 4) is 10.6 Å². The third-order valence-corrected chi connectivity index (χ3v) is 5.07. The van der Waals surface area contributed by atoms with E-state index >= 15 is 0 Å². The molecule has 0 atom stereocenters. The summed E-state index contributed by atoms with van der Waals surface area (Å²) < 4.78 is 1.64. The van der Waals surface area contributed by atoms with Crippen LogP contribution >= 0.6 is 11.3 Å². The van der Waals surface area contributed by atoms with Crippen LogP contribution < -0.4 is 5.32 Å². The van der Waals surface area contributed by atoms with Gasteiger partial charge in [-0.1, -0.05) is 46.9 Å². The Bertz CT molecular complexity index is 872. The first kappa shape index (κ1) is 15.9. The van der Waals surface area contributed by atoms with Crippen LogP contribution in [0.3, 0.4) is 0 Å². The molecule has 1 saturated carbocycles. The van der Waals surface area contributed by atoms with E-state index in [4.69, 9.17) is 0 Å². The largest absolute Gasteiger partial charge is 0.393 e. The molecule has 3 aromatic rings. The smallest absolute Gasteiger partial charge is 0.273 e. The summed E-state index contributed by atoms with van der Waals surface area (Å²) in [5.74, 6) is -0.303. The summed E-state index contributed by atoms with van der Waals surface area (Å²) in [6.45, 7) is 0.290. The highest BCUT2D eigenvalue weighted by molar-refractivity contribution is 7.14. The Kier molecular flexibility index (Phi) is 4.24. The second-order valence-corrected chi connectivity index (χ2v) is 6.97. The van der Waals surface area contributed by atoms with Crippen molar-refractivity contribution in [2.45, 2.75) is 31.5 Å². The fraction of sp³-hybridized carbons (Fsp3) is 0.312. The van der Waals surface area contributed by atoms with Crippen LogP contribution in [-0.4, -0.2) is 42.3 Å². The van der Waals surface area contributed by atoms with Crippen molar-refractivity contribution in [1.82, 2.24) is 30.5 Å². The van der Waals surface area contributed by atoms with Crippen LogP contribution in [0.4, 0.5) is 0 Å². The predicted molar refractivity (Wildman–Crippen MR) is 90.8 cm³/mol. The highest BCUT2D eigenvalue weighted by atomic mass is 32.1. The van der Waals surface area contributed by atoms with E-state index in [9.17, 15) is 9.90 Å². The molecular weight excluding hydrogens is 340 g/mol. The number of nitrogens with one attached hydrogen (secondary N) is 1. The quantitative estimate of drug-likeness (QED) is 0.716. The van der Waals surface area contributed by atoms with Gasteiger partial charge in [-0.25, -0.2) is 4.68 Å². The molecule has 2 N–H and O–H groups in total. The standard InChI is InChI=1S/C16H16N6O2S/c23-12-6-11(7-12)22-9-13(18-21-22)15(24)17-8-14-19-20-16(25-14)10-4-2-1-3-5-10/h1-5,9,11-12,23H,6-8H2,(H,17,24). The zero-order chi connectivity index (χ0) is 17.2. The van der Waals surface area contributed by atoms with Crippen LogP contribution in [0.5, 0.6) is 0 Å². The van der Waals surface area contributed by atoms with Gasteiger partial charge in [0.05, 0.1) is 24.9 Å². The number of carbonyl (C=O) groups excluding carboxylic acids is 1. The molecule has 1 aromatic carbocycles. The number of aliphatic hydroxyl groups excluding tert-OH is 1. The van der Waals surface area contributed by atoms with Crippen molar-refractivity contribution in [2.75, 3.05) is 0 Å². The van der Waals surface area contributed by atoms with Gasteiger partial charge in [0, 0.05) is 5.56 Å². The zero-order valence-corrected chi connectivity index (χ0v) is 14.1. The maximum atomic E-state index is 12.2. The highest BCUT2D eigenvalue weighted by Gasteiger charge is 2.30. The monoisotopic (exact) mass is 356 g/mol. The molecule has 0 saturated heterocycles. The SMILES string of the molecule is O=C(NCc1nnc(-c2ccccc2)s1)c1cn(C2CC(O)C2)nn1. The van der Waals surface area contributed by atoms with E-state index in [1.807, 2.05) is 30.3 Å². The second-order valence-electron chi connectivity index (χ2n) is 5.91. The van der Waals surface area contributed by atoms with Gasteiger partial charge in [0.1, 0.15) is 10.0 Å². The molecule has 2 heterocycles. The molecule has 128 valence electrons. The van der Waals surface area contributed by atoms with Crippen molar-refractivity contribution in [3.63, 3.8) is 0 Å². The molecule has 25 heavy (non-hydrogen) atoms. The van der Waals surface area contributed by atoms with E-state index in [2.05, 4.69) is 25.8 Å². The topological polar surface area (TPSA) is 106 Å². The third-order valence-electron chi connectivity index (χ3n) is 4.09. The molecule has 1 aliphatic rings. The Morgan fingerprint density at radius 1 is 1.24 bits per heavy atom. The number of hydrogen-bond donors (Lipinski definition) is 2. The van der Waals surface area contributed by atoms with Crippen LogP contribution in [0.2, 0.25) is 0 Å². The molecule has 9 heteroatoms. The minimum Gasteiger partial charge on any atom is -0.393 e. The predicted octanol–water partition coefficient (Wildman–Crippen LogP) is 1.42. The second kappa shape index (κ2) is 6.69. The lowest BCUT2D eigenvalue weighted by molar-refractivity contribution is 0.0426. The molecule has 0 bridgehead atoms. The summed E-state index contributed by atoms with van der Waals surface area (Å²) in [5, 5.41) is 29.8. The summed E-state index contributed by atoms with van der Waals surface area (Å²) in [6.07, 6.45) is 2.64. The third kappa shape index (κ3) is 3.42. The van der Waals surface area contributed by atoms with Gasteiger partial charge in [0.25, 0.3) is 5.91 Å². The minimum absolute atomic E-state index is 0.126. The number of rotatable bonds is 5. The summed E-state index contributed by atoms with van der Waals surface area (Å²) in [4.78, 5) is 12.2. The highest BCUT2D eigenvalue weighted by Crippen LogP contribution is 2.31. The lowest BCUT2D eigenvalue weighted by Crippen LogP contribution is -2.31. The molecule has 0 unspecified atom stereocenters. The number of carbonyl (C=O) groups is 1. The van der Waals surface area contributed by atoms with Gasteiger partial charge in [-0.05, 0) is 12.8 Å². The lowest BCUT2D eigenvalue weighted by atomic mass is 9.90. The lowest BCUT2D eigenvalue weighted by Gasteiger charge is -2.30. The van der Waals surface area contributed by atoms with Crippen LogP contribution in [0.15, 0.2) is 36.5 Å². The summed E-state index contributed by atoms with van der Waals surface area (Å²) >= 11 is 1.44. The van der Waals surface area contributed by atoms with Crippen molar-refractivity contribution in [2.24, 2.45) is 0 Å². The van der Waals surface area contributed by atoms with E-state index in [0.29, 0.717) is 19.4 Å².